The van der Waals surface area contributed by atoms with Gasteiger partial charge < -0.3 is 9.90 Å². The third kappa shape index (κ3) is 2.12. The molecule has 0 atom stereocenters. The Morgan fingerprint density at radius 3 is 2.50 bits per heavy atom. The average molecular weight is 245 g/mol. The van der Waals surface area contributed by atoms with Gasteiger partial charge in [0.2, 0.25) is 0 Å². The van der Waals surface area contributed by atoms with Crippen molar-refractivity contribution in [2.45, 2.75) is 0 Å². The van der Waals surface area contributed by atoms with Gasteiger partial charge in [-0.05, 0) is 18.2 Å². The van der Waals surface area contributed by atoms with E-state index in [9.17, 15) is 9.90 Å². The van der Waals surface area contributed by atoms with Gasteiger partial charge in [-0.2, -0.15) is 0 Å². The van der Waals surface area contributed by atoms with Gasteiger partial charge in [-0.25, -0.2) is 4.98 Å². The third-order valence-corrected chi connectivity index (χ3v) is 2.78. The summed E-state index contributed by atoms with van der Waals surface area (Å²) in [6, 6.07) is 14.5. The number of carbonyl (C=O) groups excluding carboxylic acids is 1. The summed E-state index contributed by atoms with van der Waals surface area (Å²) in [5.74, 6) is -1.17. The van der Waals surface area contributed by atoms with E-state index in [1.165, 1.54) is 6.07 Å². The normalized spacial score (nSPS) is 10.2. The largest absolute Gasteiger partial charge is 1.00 e. The second kappa shape index (κ2) is 5.06. The van der Waals surface area contributed by atoms with Crippen LogP contribution in [0, 0.1) is 0 Å². The molecule has 0 N–H and O–H groups in total. The van der Waals surface area contributed by atoms with Crippen LogP contribution in [0.3, 0.4) is 0 Å². The molecule has 1 heterocycles. The number of hydrogen-bond donors (Lipinski definition) is 0. The van der Waals surface area contributed by atoms with Gasteiger partial charge in [0.05, 0.1) is 17.0 Å². The number of benzene rings is 2. The van der Waals surface area contributed by atoms with Crippen molar-refractivity contribution < 1.29 is 39.5 Å². The summed E-state index contributed by atoms with van der Waals surface area (Å²) in [4.78, 5) is 15.4. The fourth-order valence-electron chi connectivity index (χ4n) is 1.98. The molecule has 18 heavy (non-hydrogen) atoms. The Labute approximate surface area is 126 Å². The molecule has 1 aromatic heterocycles. The standard InChI is InChI=1S/C14H9NO2.Na/c16-14(17)10-5-3-7-13-11(10)8-9-4-1-2-6-12(9)15-13;/h1-8H,(H,16,17);/q;+1/p-1. The zero-order chi connectivity index (χ0) is 11.8. The number of fused-ring (bicyclic) bond motifs is 2. The van der Waals surface area contributed by atoms with Crippen molar-refractivity contribution in [3.63, 3.8) is 0 Å². The first-order valence-electron chi connectivity index (χ1n) is 5.25. The maximum Gasteiger partial charge on any atom is 1.00 e. The van der Waals surface area contributed by atoms with Crippen molar-refractivity contribution in [2.24, 2.45) is 0 Å². The molecule has 0 bridgehead atoms. The van der Waals surface area contributed by atoms with Crippen molar-refractivity contribution in [1.29, 1.82) is 0 Å². The minimum atomic E-state index is -1.17. The molecule has 3 rings (SSSR count). The molecule has 0 radical (unpaired) electrons. The molecule has 0 saturated carbocycles. The van der Waals surface area contributed by atoms with Gasteiger partial charge in [-0.15, -0.1) is 0 Å². The van der Waals surface area contributed by atoms with E-state index in [4.69, 9.17) is 0 Å². The first-order chi connectivity index (χ1) is 8.25. The predicted octanol–water partition coefficient (Wildman–Crippen LogP) is -1.24. The third-order valence-electron chi connectivity index (χ3n) is 2.78. The quantitative estimate of drug-likeness (QED) is 0.398. The second-order valence-electron chi connectivity index (χ2n) is 3.84. The van der Waals surface area contributed by atoms with Crippen LogP contribution in [-0.4, -0.2) is 11.0 Å². The van der Waals surface area contributed by atoms with E-state index in [0.29, 0.717) is 10.9 Å². The van der Waals surface area contributed by atoms with E-state index in [0.717, 1.165) is 10.9 Å². The maximum atomic E-state index is 11.0. The molecule has 4 heteroatoms. The molecule has 0 aliphatic carbocycles. The zero-order valence-electron chi connectivity index (χ0n) is 9.88. The van der Waals surface area contributed by atoms with Crippen LogP contribution in [0.5, 0.6) is 0 Å². The number of carboxylic acid groups (broad SMARTS) is 1. The molecular formula is C14H8NNaO2. The number of nitrogens with zero attached hydrogens (tertiary/aromatic N) is 1. The Morgan fingerprint density at radius 1 is 1.00 bits per heavy atom. The van der Waals surface area contributed by atoms with Crippen LogP contribution in [0.2, 0.25) is 0 Å². The van der Waals surface area contributed by atoms with Crippen LogP contribution < -0.4 is 34.7 Å². The predicted molar refractivity (Wildman–Crippen MR) is 63.6 cm³/mol. The fraction of sp³-hybridized carbons (Fsp3) is 0. The van der Waals surface area contributed by atoms with Gasteiger partial charge in [-0.3, -0.25) is 0 Å². The van der Waals surface area contributed by atoms with Gasteiger partial charge in [0, 0.05) is 16.3 Å². The van der Waals surface area contributed by atoms with Crippen molar-refractivity contribution in [3.8, 4) is 0 Å². The van der Waals surface area contributed by atoms with Gasteiger partial charge in [-0.1, -0.05) is 30.3 Å². The van der Waals surface area contributed by atoms with Crippen LogP contribution >= 0.6 is 0 Å². The molecule has 0 unspecified atom stereocenters. The Hall–Kier alpha value is -1.42. The summed E-state index contributed by atoms with van der Waals surface area (Å²) in [6.07, 6.45) is 0. The number of rotatable bonds is 1. The van der Waals surface area contributed by atoms with Crippen molar-refractivity contribution in [3.05, 3.63) is 54.1 Å². The summed E-state index contributed by atoms with van der Waals surface area (Å²) in [5, 5.41) is 12.6. The number of para-hydroxylation sites is 1. The van der Waals surface area contributed by atoms with Crippen molar-refractivity contribution >= 4 is 27.8 Å². The van der Waals surface area contributed by atoms with Gasteiger partial charge in [0.25, 0.3) is 0 Å². The zero-order valence-corrected chi connectivity index (χ0v) is 11.9. The van der Waals surface area contributed by atoms with E-state index >= 15 is 0 Å². The van der Waals surface area contributed by atoms with Crippen LogP contribution in [0.1, 0.15) is 10.4 Å². The van der Waals surface area contributed by atoms with Crippen LogP contribution in [-0.2, 0) is 0 Å². The smallest absolute Gasteiger partial charge is 0.545 e. The van der Waals surface area contributed by atoms with E-state index in [-0.39, 0.29) is 35.1 Å². The molecule has 0 saturated heterocycles. The van der Waals surface area contributed by atoms with E-state index in [2.05, 4.69) is 4.98 Å². The molecule has 82 valence electrons. The molecule has 0 aliphatic rings. The number of aromatic nitrogens is 1. The first kappa shape index (κ1) is 13.0. The summed E-state index contributed by atoms with van der Waals surface area (Å²) < 4.78 is 0. The van der Waals surface area contributed by atoms with E-state index < -0.39 is 5.97 Å². The van der Waals surface area contributed by atoms with E-state index in [1.807, 2.05) is 30.3 Å². The van der Waals surface area contributed by atoms with Crippen LogP contribution in [0.4, 0.5) is 0 Å². The molecule has 3 nitrogen and oxygen atoms in total. The monoisotopic (exact) mass is 245 g/mol. The molecule has 0 aliphatic heterocycles. The average Bonchev–Trinajstić information content (AvgIpc) is 2.35. The summed E-state index contributed by atoms with van der Waals surface area (Å²) in [6.45, 7) is 0. The van der Waals surface area contributed by atoms with Crippen molar-refractivity contribution in [1.82, 2.24) is 4.98 Å². The number of carboxylic acids is 1. The van der Waals surface area contributed by atoms with Crippen LogP contribution in [0.15, 0.2) is 48.5 Å². The minimum absolute atomic E-state index is 0. The summed E-state index contributed by atoms with van der Waals surface area (Å²) in [7, 11) is 0. The first-order valence-corrected chi connectivity index (χ1v) is 5.25. The maximum absolute atomic E-state index is 11.0. The number of hydrogen-bond acceptors (Lipinski definition) is 3. The SMILES string of the molecule is O=C([O-])c1cccc2nc3ccccc3cc12.[Na+]. The molecule has 3 aromatic rings. The fourth-order valence-corrected chi connectivity index (χ4v) is 1.98. The molecular weight excluding hydrogens is 237 g/mol. The van der Waals surface area contributed by atoms with Crippen molar-refractivity contribution in [2.75, 3.05) is 0 Å². The van der Waals surface area contributed by atoms with Gasteiger partial charge >= 0.3 is 29.6 Å². The summed E-state index contributed by atoms with van der Waals surface area (Å²) >= 11 is 0. The molecule has 0 amide bonds. The Kier molecular flexibility index (Phi) is 3.66. The number of pyridine rings is 1. The number of carbonyl (C=O) groups is 1. The molecule has 0 spiro atoms. The molecule has 0 fully saturated rings. The van der Waals surface area contributed by atoms with E-state index in [1.54, 1.807) is 12.1 Å². The van der Waals surface area contributed by atoms with Gasteiger partial charge in [0.1, 0.15) is 0 Å². The topological polar surface area (TPSA) is 53.0 Å². The minimum Gasteiger partial charge on any atom is -0.545 e. The van der Waals surface area contributed by atoms with Crippen LogP contribution in [0.25, 0.3) is 21.8 Å². The summed E-state index contributed by atoms with van der Waals surface area (Å²) in [5.41, 5.74) is 1.71. The Morgan fingerprint density at radius 2 is 1.72 bits per heavy atom. The van der Waals surface area contributed by atoms with Gasteiger partial charge in [0.15, 0.2) is 0 Å². The number of aromatic carboxylic acids is 1. The molecule has 2 aromatic carbocycles. The second-order valence-corrected chi connectivity index (χ2v) is 3.84. The Balaban J connectivity index is 0.00000120. The Bertz CT molecular complexity index is 740.